The topological polar surface area (TPSA) is 88.2 Å². The number of thioether (sulfide) groups is 1. The van der Waals surface area contributed by atoms with E-state index in [1.807, 2.05) is 58.0 Å². The molecular weight excluding hydrogens is 552 g/mol. The molecule has 11 heteroatoms. The van der Waals surface area contributed by atoms with Crippen LogP contribution >= 0.6 is 11.8 Å². The maximum Gasteiger partial charge on any atom is 0.251 e. The van der Waals surface area contributed by atoms with Crippen LogP contribution in [0.2, 0.25) is 0 Å². The van der Waals surface area contributed by atoms with Gasteiger partial charge in [0.15, 0.2) is 0 Å². The second kappa shape index (κ2) is 15.7. The Morgan fingerprint density at radius 1 is 1.20 bits per heavy atom. The zero-order valence-electron chi connectivity index (χ0n) is 23.3. The number of nitrogens with zero attached hydrogens (tertiary/aromatic N) is 2. The van der Waals surface area contributed by atoms with Crippen molar-refractivity contribution in [2.45, 2.75) is 53.0 Å². The van der Waals surface area contributed by atoms with Gasteiger partial charge in [-0.05, 0) is 56.3 Å². The van der Waals surface area contributed by atoms with Crippen LogP contribution in [-0.4, -0.2) is 45.5 Å². The molecule has 7 nitrogen and oxygen atoms in total. The highest BCUT2D eigenvalue weighted by atomic mass is 32.2. The molecule has 0 amide bonds. The van der Waals surface area contributed by atoms with Crippen LogP contribution in [0.1, 0.15) is 46.2 Å². The van der Waals surface area contributed by atoms with Gasteiger partial charge in [-0.25, -0.2) is 23.0 Å². The van der Waals surface area contributed by atoms with Gasteiger partial charge in [-0.3, -0.25) is 0 Å². The molecule has 3 N–H and O–H groups in total. The van der Waals surface area contributed by atoms with Crippen LogP contribution in [0.15, 0.2) is 65.9 Å². The number of alkyl halides is 2. The third kappa shape index (κ3) is 9.00. The summed E-state index contributed by atoms with van der Waals surface area (Å²) in [5.74, 6) is 1.00. The summed E-state index contributed by atoms with van der Waals surface area (Å²) in [7, 11) is -1.91. The first kappa shape index (κ1) is 31.5. The largest absolute Gasteiger partial charge is 0.460 e. The number of rotatable bonds is 11. The third-order valence-electron chi connectivity index (χ3n) is 5.76. The molecule has 0 spiro atoms. The van der Waals surface area contributed by atoms with Crippen LogP contribution in [0.4, 0.5) is 20.4 Å². The predicted molar refractivity (Wildman–Crippen MR) is 165 cm³/mol. The van der Waals surface area contributed by atoms with Crippen LogP contribution in [0.5, 0.6) is 5.75 Å². The Bertz CT molecular complexity index is 1350. The molecule has 1 aliphatic rings. The lowest BCUT2D eigenvalue weighted by Gasteiger charge is -2.24. The van der Waals surface area contributed by atoms with Gasteiger partial charge >= 0.3 is 0 Å². The molecule has 1 fully saturated rings. The number of benzene rings is 2. The van der Waals surface area contributed by atoms with Gasteiger partial charge in [0.05, 0.1) is 16.3 Å². The van der Waals surface area contributed by atoms with E-state index >= 15 is 0 Å². The number of halogens is 2. The first-order valence-corrected chi connectivity index (χ1v) is 15.4. The molecule has 40 heavy (non-hydrogen) atoms. The van der Waals surface area contributed by atoms with E-state index in [-0.39, 0.29) is 6.04 Å². The molecule has 4 rings (SSSR count). The molecule has 0 aliphatic carbocycles. The van der Waals surface area contributed by atoms with Gasteiger partial charge in [0.25, 0.3) is 6.43 Å². The Morgan fingerprint density at radius 2 is 1.95 bits per heavy atom. The summed E-state index contributed by atoms with van der Waals surface area (Å²) in [6.45, 7) is 13.7. The maximum atomic E-state index is 12.7. The molecule has 0 saturated carbocycles. The Balaban J connectivity index is 0.00000216. The molecular formula is C29H37F2N5O2S2. The lowest BCUT2D eigenvalue weighted by molar-refractivity contribution is 0.175. The number of fused-ring (bicyclic) bond motifs is 1. The molecule has 2 heterocycles. The summed E-state index contributed by atoms with van der Waals surface area (Å²) >= 11 is 1.46. The molecule has 1 saturated heterocycles. The summed E-state index contributed by atoms with van der Waals surface area (Å²) in [5, 5.41) is 8.26. The van der Waals surface area contributed by atoms with Crippen LogP contribution in [0, 0.1) is 0 Å². The van der Waals surface area contributed by atoms with Gasteiger partial charge in [0.2, 0.25) is 5.95 Å². The minimum absolute atomic E-state index is 0.270. The second-order valence-corrected chi connectivity index (χ2v) is 11.4. The molecule has 3 aromatic rings. The van der Waals surface area contributed by atoms with Gasteiger partial charge in [0.1, 0.15) is 28.2 Å². The van der Waals surface area contributed by atoms with Crippen LogP contribution in [-0.2, 0) is 11.0 Å². The smallest absolute Gasteiger partial charge is 0.251 e. The van der Waals surface area contributed by atoms with E-state index in [2.05, 4.69) is 26.9 Å². The Kier molecular flexibility index (Phi) is 12.4. The zero-order valence-corrected chi connectivity index (χ0v) is 24.9. The minimum atomic E-state index is -2.66. The van der Waals surface area contributed by atoms with Gasteiger partial charge < -0.3 is 20.1 Å². The lowest BCUT2D eigenvalue weighted by atomic mass is 10.1. The fourth-order valence-electron chi connectivity index (χ4n) is 4.13. The minimum Gasteiger partial charge on any atom is -0.460 e. The number of hydrogen-bond acceptors (Lipinski definition) is 7. The number of anilines is 2. The van der Waals surface area contributed by atoms with Gasteiger partial charge in [-0.1, -0.05) is 56.5 Å². The monoisotopic (exact) mass is 589 g/mol. The van der Waals surface area contributed by atoms with E-state index < -0.39 is 23.2 Å². The number of aromatic nitrogens is 2. The summed E-state index contributed by atoms with van der Waals surface area (Å²) in [6, 6.07) is 12.9. The van der Waals surface area contributed by atoms with Crippen molar-refractivity contribution in [2.75, 3.05) is 28.9 Å². The first-order chi connectivity index (χ1) is 19.3. The lowest BCUT2D eigenvalue weighted by Crippen LogP contribution is -2.38. The van der Waals surface area contributed by atoms with Crippen molar-refractivity contribution in [3.05, 3.63) is 71.6 Å². The van der Waals surface area contributed by atoms with Gasteiger partial charge in [-0.2, -0.15) is 0 Å². The number of hydrogen-bond donors (Lipinski definition) is 3. The fourth-order valence-corrected chi connectivity index (χ4v) is 5.62. The number of piperidine rings is 1. The molecule has 2 unspecified atom stereocenters. The summed E-state index contributed by atoms with van der Waals surface area (Å²) in [6.07, 6.45) is 1.22. The van der Waals surface area contributed by atoms with E-state index in [0.29, 0.717) is 34.2 Å². The Labute approximate surface area is 241 Å². The average molecular weight is 590 g/mol. The van der Waals surface area contributed by atoms with Gasteiger partial charge in [0, 0.05) is 29.6 Å². The number of allylic oxidation sites excluding steroid dienone is 2. The molecule has 0 radical (unpaired) electrons. The van der Waals surface area contributed by atoms with Gasteiger partial charge in [-0.15, -0.1) is 0 Å². The van der Waals surface area contributed by atoms with E-state index in [0.717, 1.165) is 41.1 Å². The quantitative estimate of drug-likeness (QED) is 0.204. The third-order valence-corrected chi connectivity index (χ3v) is 7.81. The molecule has 0 bridgehead atoms. The highest BCUT2D eigenvalue weighted by molar-refractivity contribution is 8.11. The van der Waals surface area contributed by atoms with Crippen molar-refractivity contribution >= 4 is 50.1 Å². The van der Waals surface area contributed by atoms with Crippen molar-refractivity contribution in [3.8, 4) is 5.75 Å². The Morgan fingerprint density at radius 3 is 2.62 bits per heavy atom. The van der Waals surface area contributed by atoms with Crippen molar-refractivity contribution < 1.29 is 17.7 Å². The number of ether oxygens (including phenoxy) is 1. The van der Waals surface area contributed by atoms with Crippen molar-refractivity contribution in [2.24, 2.45) is 0 Å². The van der Waals surface area contributed by atoms with Crippen molar-refractivity contribution in [3.63, 3.8) is 0 Å². The van der Waals surface area contributed by atoms with Crippen molar-refractivity contribution in [1.82, 2.24) is 15.3 Å². The molecule has 1 aliphatic heterocycles. The summed E-state index contributed by atoms with van der Waals surface area (Å²) in [4.78, 5) is 10.8. The zero-order chi connectivity index (χ0) is 29.1. The summed E-state index contributed by atoms with van der Waals surface area (Å²) < 4.78 is 46.5. The average Bonchev–Trinajstić information content (AvgIpc) is 2.94. The van der Waals surface area contributed by atoms with Crippen molar-refractivity contribution in [1.29, 1.82) is 0 Å². The predicted octanol–water partition coefficient (Wildman–Crippen LogP) is 7.19. The van der Waals surface area contributed by atoms with Crippen LogP contribution < -0.4 is 20.1 Å². The standard InChI is InChI=1S/C27H31F2N5O2S2.C2H6/c1-17(2)37-26(23-12-14-31-27(33-23)32-19-7-6-13-30-15-19)18(3)36-24-11-10-22(34-38(35)16-25(28)29)20-8-4-5-9-21(20)24;1-2/h4-5,8-12,14,19,25,30,34H,1,6-7,13,15-16H2,2-3H3,(H,31,32,33);1-2H3/b26-18+;. The highest BCUT2D eigenvalue weighted by Gasteiger charge is 2.18. The fraction of sp³-hybridized carbons (Fsp3) is 0.379. The SMILES string of the molecule is C=C(C)S/C(=C(\C)Oc1ccc(NS(=O)CC(F)F)c2ccccc12)c1ccnc(NC2CCCNC2)n1.CC. The molecule has 216 valence electrons. The van der Waals surface area contributed by atoms with E-state index in [9.17, 15) is 13.0 Å². The Hall–Kier alpha value is -3.02. The molecule has 1 aromatic heterocycles. The molecule has 2 aromatic carbocycles. The maximum absolute atomic E-state index is 12.7. The number of nitrogens with one attached hydrogen (secondary N) is 3. The second-order valence-electron chi connectivity index (χ2n) is 8.91. The first-order valence-electron chi connectivity index (χ1n) is 13.3. The van der Waals surface area contributed by atoms with E-state index in [1.54, 1.807) is 18.3 Å². The van der Waals surface area contributed by atoms with E-state index in [1.165, 1.54) is 11.8 Å². The summed E-state index contributed by atoms with van der Waals surface area (Å²) in [5.41, 5.74) is 1.20. The van der Waals surface area contributed by atoms with Crippen LogP contribution in [0.3, 0.4) is 0 Å². The molecule has 2 atom stereocenters. The normalized spacial score (nSPS) is 16.4. The highest BCUT2D eigenvalue weighted by Crippen LogP contribution is 2.38. The van der Waals surface area contributed by atoms with E-state index in [4.69, 9.17) is 9.72 Å². The van der Waals surface area contributed by atoms with Crippen LogP contribution in [0.25, 0.3) is 15.7 Å².